The monoisotopic (exact) mass is 339 g/mol. The van der Waals surface area contributed by atoms with Crippen molar-refractivity contribution in [2.75, 3.05) is 7.05 Å². The van der Waals surface area contributed by atoms with Crippen molar-refractivity contribution in [2.24, 2.45) is 0 Å². The lowest BCUT2D eigenvalue weighted by Crippen LogP contribution is -2.43. The highest BCUT2D eigenvalue weighted by Crippen LogP contribution is 2.32. The Labute approximate surface area is 125 Å². The predicted molar refractivity (Wildman–Crippen MR) is 76.1 cm³/mol. The number of ether oxygens (including phenoxy) is 2. The highest BCUT2D eigenvalue weighted by molar-refractivity contribution is 9.10. The minimum absolute atomic E-state index is 0.198. The number of halogens is 1. The van der Waals surface area contributed by atoms with Crippen LogP contribution in [0.2, 0.25) is 0 Å². The van der Waals surface area contributed by atoms with Gasteiger partial charge in [0.15, 0.2) is 11.4 Å². The highest BCUT2D eigenvalue weighted by Gasteiger charge is 2.40. The molecule has 0 unspecified atom stereocenters. The Morgan fingerprint density at radius 2 is 2.05 bits per heavy atom. The smallest absolute Gasteiger partial charge is 0.409 e. The van der Waals surface area contributed by atoms with Crippen molar-refractivity contribution in [2.45, 2.75) is 18.8 Å². The van der Waals surface area contributed by atoms with Crippen LogP contribution in [0.25, 0.3) is 0 Å². The predicted octanol–water partition coefficient (Wildman–Crippen LogP) is 2.50. The maximum Gasteiger partial charge on any atom is 0.409 e. The van der Waals surface area contributed by atoms with Crippen LogP contribution in [-0.4, -0.2) is 25.2 Å². The Bertz CT molecular complexity index is 555. The van der Waals surface area contributed by atoms with Crippen LogP contribution in [0.4, 0.5) is 4.79 Å². The summed E-state index contributed by atoms with van der Waals surface area (Å²) in [4.78, 5) is 23.3. The number of hydrogen-bond acceptors (Lipinski definition) is 4. The highest BCUT2D eigenvalue weighted by atomic mass is 79.9. The van der Waals surface area contributed by atoms with E-state index in [9.17, 15) is 9.59 Å². The van der Waals surface area contributed by atoms with E-state index in [0.717, 1.165) is 4.47 Å². The van der Waals surface area contributed by atoms with Crippen molar-refractivity contribution in [3.8, 4) is 0 Å². The molecule has 1 aliphatic heterocycles. The topological polar surface area (TPSA) is 64.6 Å². The van der Waals surface area contributed by atoms with Gasteiger partial charge in [0.2, 0.25) is 6.29 Å². The molecule has 0 spiro atoms. The van der Waals surface area contributed by atoms with Gasteiger partial charge in [-0.2, -0.15) is 0 Å². The summed E-state index contributed by atoms with van der Waals surface area (Å²) in [6.45, 7) is 1.66. The van der Waals surface area contributed by atoms with Gasteiger partial charge in [0.05, 0.1) is 0 Å². The van der Waals surface area contributed by atoms with Gasteiger partial charge in [-0.1, -0.05) is 28.1 Å². The zero-order chi connectivity index (χ0) is 14.8. The summed E-state index contributed by atoms with van der Waals surface area (Å²) in [6, 6.07) is 7.23. The average Bonchev–Trinajstić information content (AvgIpc) is 2.43. The third-order valence-electron chi connectivity index (χ3n) is 3.05. The van der Waals surface area contributed by atoms with E-state index in [2.05, 4.69) is 21.2 Å². The first kappa shape index (κ1) is 14.7. The molecule has 0 saturated carbocycles. The third kappa shape index (κ3) is 2.91. The molecule has 6 heteroatoms. The first-order valence-electron chi connectivity index (χ1n) is 6.00. The standard InChI is InChI=1S/C14H14BrNO4/c1-14(9-3-5-10(15)6-4-9)11(17)7-8-12(20-14)19-13(18)16-2/h3-8,12H,1-2H3,(H,16,18)/t12-,14+/m0/s1. The van der Waals surface area contributed by atoms with Gasteiger partial charge in [0.25, 0.3) is 0 Å². The molecule has 0 saturated heterocycles. The largest absolute Gasteiger partial charge is 0.416 e. The van der Waals surface area contributed by atoms with Crippen molar-refractivity contribution in [1.82, 2.24) is 5.32 Å². The van der Waals surface area contributed by atoms with E-state index in [4.69, 9.17) is 9.47 Å². The van der Waals surface area contributed by atoms with E-state index < -0.39 is 18.0 Å². The van der Waals surface area contributed by atoms with Crippen LogP contribution in [0.5, 0.6) is 0 Å². The zero-order valence-electron chi connectivity index (χ0n) is 11.1. The minimum atomic E-state index is -1.17. The molecular weight excluding hydrogens is 326 g/mol. The number of benzene rings is 1. The van der Waals surface area contributed by atoms with E-state index in [1.165, 1.54) is 19.2 Å². The lowest BCUT2D eigenvalue weighted by Gasteiger charge is -2.33. The molecule has 1 N–H and O–H groups in total. The summed E-state index contributed by atoms with van der Waals surface area (Å²) in [5, 5.41) is 2.33. The Hall–Kier alpha value is -1.66. The fraction of sp³-hybridized carbons (Fsp3) is 0.286. The van der Waals surface area contributed by atoms with Crippen LogP contribution < -0.4 is 5.32 Å². The van der Waals surface area contributed by atoms with Crippen molar-refractivity contribution in [1.29, 1.82) is 0 Å². The second-order valence-electron chi connectivity index (χ2n) is 4.41. The van der Waals surface area contributed by atoms with E-state index in [0.29, 0.717) is 5.56 Å². The maximum atomic E-state index is 12.1. The SMILES string of the molecule is CNC(=O)O[C@@H]1C=CC(=O)[C@@](C)(c2ccc(Br)cc2)O1. The lowest BCUT2D eigenvalue weighted by molar-refractivity contribution is -0.177. The summed E-state index contributed by atoms with van der Waals surface area (Å²) < 4.78 is 11.6. The van der Waals surface area contributed by atoms with Crippen molar-refractivity contribution < 1.29 is 19.1 Å². The van der Waals surface area contributed by atoms with Gasteiger partial charge in [-0.15, -0.1) is 0 Å². The molecule has 0 radical (unpaired) electrons. The van der Waals surface area contributed by atoms with E-state index in [1.807, 2.05) is 12.1 Å². The third-order valence-corrected chi connectivity index (χ3v) is 3.58. The second kappa shape index (κ2) is 5.76. The molecule has 1 heterocycles. The molecule has 0 aromatic heterocycles. The Kier molecular flexibility index (Phi) is 4.25. The van der Waals surface area contributed by atoms with Crippen LogP contribution in [0.1, 0.15) is 12.5 Å². The fourth-order valence-electron chi connectivity index (χ4n) is 1.86. The number of nitrogens with one attached hydrogen (secondary N) is 1. The fourth-order valence-corrected chi connectivity index (χ4v) is 2.12. The first-order valence-corrected chi connectivity index (χ1v) is 6.80. The molecule has 1 amide bonds. The molecule has 1 aliphatic rings. The second-order valence-corrected chi connectivity index (χ2v) is 5.32. The van der Waals surface area contributed by atoms with Crippen LogP contribution in [0, 0.1) is 0 Å². The Morgan fingerprint density at radius 3 is 2.65 bits per heavy atom. The molecule has 20 heavy (non-hydrogen) atoms. The summed E-state index contributed by atoms with van der Waals surface area (Å²) in [5.74, 6) is -0.198. The number of alkyl carbamates (subject to hydrolysis) is 1. The number of ketones is 1. The van der Waals surface area contributed by atoms with E-state index >= 15 is 0 Å². The van der Waals surface area contributed by atoms with E-state index in [-0.39, 0.29) is 5.78 Å². The van der Waals surface area contributed by atoms with Gasteiger partial charge in [-0.3, -0.25) is 4.79 Å². The number of rotatable bonds is 2. The summed E-state index contributed by atoms with van der Waals surface area (Å²) >= 11 is 3.34. The zero-order valence-corrected chi connectivity index (χ0v) is 12.6. The molecular formula is C14H14BrNO4. The van der Waals surface area contributed by atoms with Gasteiger partial charge in [-0.05, 0) is 36.8 Å². The van der Waals surface area contributed by atoms with Crippen molar-refractivity contribution >= 4 is 27.8 Å². The van der Waals surface area contributed by atoms with Crippen molar-refractivity contribution in [3.63, 3.8) is 0 Å². The lowest BCUT2D eigenvalue weighted by atomic mass is 9.89. The average molecular weight is 340 g/mol. The van der Waals surface area contributed by atoms with Crippen LogP contribution in [0.3, 0.4) is 0 Å². The molecule has 0 aliphatic carbocycles. The van der Waals surface area contributed by atoms with Crippen LogP contribution >= 0.6 is 15.9 Å². The maximum absolute atomic E-state index is 12.1. The molecule has 106 valence electrons. The quantitative estimate of drug-likeness (QED) is 0.899. The molecule has 0 fully saturated rings. The molecule has 5 nitrogen and oxygen atoms in total. The molecule has 0 bridgehead atoms. The van der Waals surface area contributed by atoms with Gasteiger partial charge in [0, 0.05) is 11.5 Å². The van der Waals surface area contributed by atoms with Gasteiger partial charge >= 0.3 is 6.09 Å². The number of amides is 1. The summed E-state index contributed by atoms with van der Waals surface area (Å²) in [7, 11) is 1.45. The molecule has 1 aromatic rings. The summed E-state index contributed by atoms with van der Waals surface area (Å²) in [6.07, 6.45) is 1.27. The molecule has 1 aromatic carbocycles. The number of hydrogen-bond donors (Lipinski definition) is 1. The van der Waals surface area contributed by atoms with Gasteiger partial charge in [0.1, 0.15) is 0 Å². The molecule has 2 rings (SSSR count). The van der Waals surface area contributed by atoms with Crippen LogP contribution in [0.15, 0.2) is 40.9 Å². The first-order chi connectivity index (χ1) is 9.45. The summed E-state index contributed by atoms with van der Waals surface area (Å²) in [5.41, 5.74) is -0.478. The van der Waals surface area contributed by atoms with E-state index in [1.54, 1.807) is 19.1 Å². The Morgan fingerprint density at radius 1 is 1.40 bits per heavy atom. The normalized spacial score (nSPS) is 25.4. The van der Waals surface area contributed by atoms with Crippen molar-refractivity contribution in [3.05, 3.63) is 46.5 Å². The van der Waals surface area contributed by atoms with Gasteiger partial charge < -0.3 is 14.8 Å². The van der Waals surface area contributed by atoms with Crippen LogP contribution in [-0.2, 0) is 19.9 Å². The number of carbonyl (C=O) groups is 2. The van der Waals surface area contributed by atoms with Gasteiger partial charge in [-0.25, -0.2) is 4.79 Å². The Balaban J connectivity index is 2.26. The number of carbonyl (C=O) groups excluding carboxylic acids is 2. The molecule has 2 atom stereocenters. The minimum Gasteiger partial charge on any atom is -0.416 e.